The van der Waals surface area contributed by atoms with Crippen LogP contribution in [0.1, 0.15) is 23.1 Å². The molecule has 0 saturated heterocycles. The number of amides is 1. The van der Waals surface area contributed by atoms with E-state index < -0.39 is 0 Å². The van der Waals surface area contributed by atoms with Gasteiger partial charge in [0.2, 0.25) is 11.0 Å². The molecule has 42 heavy (non-hydrogen) atoms. The highest BCUT2D eigenvalue weighted by atomic mass is 32.2. The lowest BCUT2D eigenvalue weighted by molar-refractivity contribution is -0.113. The van der Waals surface area contributed by atoms with Crippen molar-refractivity contribution in [3.63, 3.8) is 0 Å². The van der Waals surface area contributed by atoms with Crippen LogP contribution in [0.3, 0.4) is 0 Å². The number of hydrogen-bond acceptors (Lipinski definition) is 9. The van der Waals surface area contributed by atoms with Gasteiger partial charge in [0.25, 0.3) is 0 Å². The maximum absolute atomic E-state index is 12.7. The van der Waals surface area contributed by atoms with Crippen LogP contribution in [-0.2, 0) is 17.8 Å². The molecule has 0 fully saturated rings. The molecule has 2 heterocycles. The topological polar surface area (TPSA) is 110 Å². The van der Waals surface area contributed by atoms with Crippen LogP contribution in [0, 0.1) is 11.3 Å². The van der Waals surface area contributed by atoms with Gasteiger partial charge in [-0.15, -0.1) is 10.2 Å². The fourth-order valence-corrected chi connectivity index (χ4v) is 5.64. The minimum atomic E-state index is -0.252. The average molecular weight is 594 g/mol. The van der Waals surface area contributed by atoms with Crippen molar-refractivity contribution in [2.24, 2.45) is 0 Å². The second-order valence-corrected chi connectivity index (χ2v) is 11.1. The number of aromatic nitrogens is 3. The van der Waals surface area contributed by atoms with E-state index in [1.807, 2.05) is 91.9 Å². The van der Waals surface area contributed by atoms with Crippen molar-refractivity contribution < 1.29 is 14.3 Å². The highest BCUT2D eigenvalue weighted by Crippen LogP contribution is 2.38. The molecule has 1 amide bonds. The van der Waals surface area contributed by atoms with Gasteiger partial charge in [0.05, 0.1) is 24.1 Å². The molecule has 5 aromatic rings. The normalized spacial score (nSPS) is 10.6. The Morgan fingerprint density at radius 3 is 2.43 bits per heavy atom. The highest BCUT2D eigenvalue weighted by molar-refractivity contribution is 8.00. The molecule has 8 nitrogen and oxygen atoms in total. The number of aryl methyl sites for hydroxylation is 1. The number of hydrogen-bond donors (Lipinski definition) is 1. The predicted molar refractivity (Wildman–Crippen MR) is 166 cm³/mol. The molecule has 10 heteroatoms. The quantitative estimate of drug-likeness (QED) is 0.163. The Morgan fingerprint density at radius 2 is 1.74 bits per heavy atom. The van der Waals surface area contributed by atoms with Crippen LogP contribution in [0.5, 0.6) is 11.5 Å². The first-order chi connectivity index (χ1) is 20.6. The molecule has 3 aromatic carbocycles. The monoisotopic (exact) mass is 593 g/mol. The summed E-state index contributed by atoms with van der Waals surface area (Å²) in [5.74, 6) is 0.936. The number of nitriles is 1. The number of anilines is 1. The van der Waals surface area contributed by atoms with Crippen molar-refractivity contribution in [2.45, 2.75) is 25.0 Å². The van der Waals surface area contributed by atoms with E-state index in [2.05, 4.69) is 21.6 Å². The smallest absolute Gasteiger partial charge is 0.236 e. The lowest BCUT2D eigenvalue weighted by atomic mass is 9.99. The molecule has 0 unspecified atom stereocenters. The van der Waals surface area contributed by atoms with Gasteiger partial charge in [0.1, 0.15) is 22.7 Å². The summed E-state index contributed by atoms with van der Waals surface area (Å²) >= 11 is 2.55. The predicted octanol–water partition coefficient (Wildman–Crippen LogP) is 7.02. The van der Waals surface area contributed by atoms with Gasteiger partial charge in [0.15, 0.2) is 11.5 Å². The first kappa shape index (κ1) is 28.8. The number of thioether (sulfide) groups is 1. The lowest BCUT2D eigenvalue weighted by Gasteiger charge is -2.15. The number of pyridine rings is 1. The van der Waals surface area contributed by atoms with Gasteiger partial charge in [-0.05, 0) is 35.7 Å². The Morgan fingerprint density at radius 1 is 0.976 bits per heavy atom. The van der Waals surface area contributed by atoms with Crippen LogP contribution in [0.2, 0.25) is 0 Å². The number of rotatable bonds is 11. The fraction of sp³-hybridized carbons (Fsp3) is 0.156. The summed E-state index contributed by atoms with van der Waals surface area (Å²) in [5, 5.41) is 22.9. The standard InChI is InChI=1S/C32H27N5O3S2/c1-3-30-36-37-32(42-30)35-29(38)20-41-31-25(18-33)24(17-26(34-31)22-12-8-5-9-13-22)23-14-15-27(28(16-23)39-2)40-19-21-10-6-4-7-11-21/h4-17H,3,19-20H2,1-2H3,(H,35,37,38). The van der Waals surface area contributed by atoms with Crippen molar-refractivity contribution in [3.05, 3.63) is 101 Å². The van der Waals surface area contributed by atoms with E-state index in [4.69, 9.17) is 14.5 Å². The number of benzene rings is 3. The second kappa shape index (κ2) is 13.8. The fourth-order valence-electron chi connectivity index (χ4n) is 4.14. The van der Waals surface area contributed by atoms with Crippen molar-refractivity contribution in [1.29, 1.82) is 5.26 Å². The van der Waals surface area contributed by atoms with Gasteiger partial charge in [-0.25, -0.2) is 4.98 Å². The molecular weight excluding hydrogens is 567 g/mol. The number of ether oxygens (including phenoxy) is 2. The number of nitrogens with zero attached hydrogens (tertiary/aromatic N) is 4. The first-order valence-electron chi connectivity index (χ1n) is 13.2. The summed E-state index contributed by atoms with van der Waals surface area (Å²) in [6, 6.07) is 29.4. The number of carbonyl (C=O) groups excluding carboxylic acids is 1. The average Bonchev–Trinajstić information content (AvgIpc) is 3.50. The minimum Gasteiger partial charge on any atom is -0.493 e. The molecule has 210 valence electrons. The summed E-state index contributed by atoms with van der Waals surface area (Å²) in [6.07, 6.45) is 0.748. The van der Waals surface area contributed by atoms with Crippen LogP contribution >= 0.6 is 23.1 Å². The third kappa shape index (κ3) is 6.94. The van der Waals surface area contributed by atoms with Crippen LogP contribution < -0.4 is 14.8 Å². The molecule has 1 N–H and O–H groups in total. The Bertz CT molecular complexity index is 1720. The molecule has 5 rings (SSSR count). The van der Waals surface area contributed by atoms with E-state index in [1.54, 1.807) is 7.11 Å². The molecule has 0 saturated carbocycles. The van der Waals surface area contributed by atoms with Gasteiger partial charge in [-0.3, -0.25) is 10.1 Å². The Hall–Kier alpha value is -4.72. The second-order valence-electron chi connectivity index (χ2n) is 9.04. The summed E-state index contributed by atoms with van der Waals surface area (Å²) in [6.45, 7) is 2.38. The molecule has 0 atom stereocenters. The van der Waals surface area contributed by atoms with E-state index in [1.165, 1.54) is 23.1 Å². The van der Waals surface area contributed by atoms with Crippen molar-refractivity contribution in [1.82, 2.24) is 15.2 Å². The zero-order valence-electron chi connectivity index (χ0n) is 23.0. The summed E-state index contributed by atoms with van der Waals surface area (Å²) in [7, 11) is 1.59. The lowest BCUT2D eigenvalue weighted by Crippen LogP contribution is -2.14. The summed E-state index contributed by atoms with van der Waals surface area (Å²) < 4.78 is 11.7. The minimum absolute atomic E-state index is 0.0516. The van der Waals surface area contributed by atoms with Gasteiger partial charge in [-0.1, -0.05) is 96.8 Å². The van der Waals surface area contributed by atoms with E-state index in [9.17, 15) is 10.1 Å². The number of nitrogens with one attached hydrogen (secondary N) is 1. The molecule has 0 radical (unpaired) electrons. The third-order valence-electron chi connectivity index (χ3n) is 6.24. The van der Waals surface area contributed by atoms with E-state index in [0.29, 0.717) is 45.1 Å². The maximum atomic E-state index is 12.7. The first-order valence-corrected chi connectivity index (χ1v) is 15.0. The number of methoxy groups -OCH3 is 1. The number of carbonyl (C=O) groups is 1. The zero-order chi connectivity index (χ0) is 29.3. The van der Waals surface area contributed by atoms with Crippen molar-refractivity contribution in [2.75, 3.05) is 18.2 Å². The Balaban J connectivity index is 1.46. The summed E-state index contributed by atoms with van der Waals surface area (Å²) in [5.41, 5.74) is 4.44. The van der Waals surface area contributed by atoms with E-state index >= 15 is 0 Å². The zero-order valence-corrected chi connectivity index (χ0v) is 24.7. The molecule has 2 aromatic heterocycles. The van der Waals surface area contributed by atoms with Crippen LogP contribution in [0.25, 0.3) is 22.4 Å². The molecule has 0 aliphatic rings. The molecule has 0 bridgehead atoms. The Labute approximate surface area is 252 Å². The molecule has 0 spiro atoms. The SMILES string of the molecule is CCc1nnc(NC(=O)CSc2nc(-c3ccccc3)cc(-c3ccc(OCc4ccccc4)c(OC)c3)c2C#N)s1. The van der Waals surface area contributed by atoms with Gasteiger partial charge in [-0.2, -0.15) is 5.26 Å². The highest BCUT2D eigenvalue weighted by Gasteiger charge is 2.19. The van der Waals surface area contributed by atoms with Crippen molar-refractivity contribution in [3.8, 4) is 40.0 Å². The van der Waals surface area contributed by atoms with Crippen LogP contribution in [0.15, 0.2) is 90.0 Å². The molecule has 0 aliphatic heterocycles. The van der Waals surface area contributed by atoms with Crippen LogP contribution in [0.4, 0.5) is 5.13 Å². The molecule has 0 aliphatic carbocycles. The van der Waals surface area contributed by atoms with Gasteiger partial charge >= 0.3 is 0 Å². The van der Waals surface area contributed by atoms with E-state index in [0.717, 1.165) is 28.1 Å². The van der Waals surface area contributed by atoms with Crippen molar-refractivity contribution >= 4 is 34.1 Å². The van der Waals surface area contributed by atoms with Gasteiger partial charge < -0.3 is 9.47 Å². The summed E-state index contributed by atoms with van der Waals surface area (Å²) in [4.78, 5) is 17.5. The van der Waals surface area contributed by atoms with Gasteiger partial charge in [0, 0.05) is 11.1 Å². The van der Waals surface area contributed by atoms with Crippen LogP contribution in [-0.4, -0.2) is 34.0 Å². The Kier molecular flexibility index (Phi) is 9.44. The van der Waals surface area contributed by atoms with E-state index in [-0.39, 0.29) is 11.7 Å². The maximum Gasteiger partial charge on any atom is 0.236 e. The largest absolute Gasteiger partial charge is 0.493 e. The third-order valence-corrected chi connectivity index (χ3v) is 8.19. The molecular formula is C32H27N5O3S2.